The Balaban J connectivity index is 2.09. The van der Waals surface area contributed by atoms with Gasteiger partial charge in [-0.2, -0.15) is 0 Å². The van der Waals surface area contributed by atoms with Crippen molar-refractivity contribution in [3.05, 3.63) is 16.1 Å². The van der Waals surface area contributed by atoms with Crippen LogP contribution in [0.4, 0.5) is 0 Å². The molecule has 0 spiro atoms. The molecule has 1 aromatic heterocycles. The van der Waals surface area contributed by atoms with Gasteiger partial charge in [0.1, 0.15) is 0 Å². The Labute approximate surface area is 115 Å². The molecule has 0 bridgehead atoms. The van der Waals surface area contributed by atoms with Crippen LogP contribution >= 0.6 is 11.3 Å². The SMILES string of the molecule is CC1(C)CCC(N)(Cc2nc(C(C)(C)C)cs2)C1. The Morgan fingerprint density at radius 2 is 2.00 bits per heavy atom. The highest BCUT2D eigenvalue weighted by molar-refractivity contribution is 7.09. The zero-order valence-electron chi connectivity index (χ0n) is 12.3. The van der Waals surface area contributed by atoms with Gasteiger partial charge in [0, 0.05) is 22.8 Å². The zero-order chi connectivity index (χ0) is 13.6. The van der Waals surface area contributed by atoms with E-state index in [1.165, 1.54) is 17.1 Å². The molecular formula is C15H26N2S. The van der Waals surface area contributed by atoms with Crippen molar-refractivity contribution in [3.63, 3.8) is 0 Å². The lowest BCUT2D eigenvalue weighted by atomic mass is 9.86. The van der Waals surface area contributed by atoms with Crippen LogP contribution in [0.15, 0.2) is 5.38 Å². The van der Waals surface area contributed by atoms with E-state index in [0.29, 0.717) is 5.41 Å². The lowest BCUT2D eigenvalue weighted by molar-refractivity contribution is 0.334. The van der Waals surface area contributed by atoms with Crippen molar-refractivity contribution >= 4 is 11.3 Å². The van der Waals surface area contributed by atoms with Crippen LogP contribution in [0.3, 0.4) is 0 Å². The van der Waals surface area contributed by atoms with E-state index in [1.54, 1.807) is 11.3 Å². The third kappa shape index (κ3) is 3.12. The molecule has 18 heavy (non-hydrogen) atoms. The molecule has 0 radical (unpaired) electrons. The molecule has 1 aliphatic carbocycles. The van der Waals surface area contributed by atoms with Crippen LogP contribution < -0.4 is 5.73 Å². The number of nitrogens with zero attached hydrogens (tertiary/aromatic N) is 1. The van der Waals surface area contributed by atoms with E-state index in [1.807, 2.05) is 0 Å². The monoisotopic (exact) mass is 266 g/mol. The molecule has 1 aliphatic rings. The summed E-state index contributed by atoms with van der Waals surface area (Å²) in [7, 11) is 0. The van der Waals surface area contributed by atoms with Gasteiger partial charge < -0.3 is 5.73 Å². The summed E-state index contributed by atoms with van der Waals surface area (Å²) in [6.45, 7) is 11.3. The second kappa shape index (κ2) is 4.31. The molecule has 102 valence electrons. The van der Waals surface area contributed by atoms with E-state index in [0.717, 1.165) is 19.3 Å². The first kappa shape index (κ1) is 14.0. The number of hydrogen-bond donors (Lipinski definition) is 1. The highest BCUT2D eigenvalue weighted by Crippen LogP contribution is 2.44. The molecule has 2 nitrogen and oxygen atoms in total. The van der Waals surface area contributed by atoms with E-state index in [4.69, 9.17) is 10.7 Å². The molecule has 0 amide bonds. The second-order valence-electron chi connectivity index (χ2n) is 7.76. The number of aromatic nitrogens is 1. The number of rotatable bonds is 2. The average molecular weight is 266 g/mol. The molecule has 0 saturated heterocycles. The van der Waals surface area contributed by atoms with Crippen molar-refractivity contribution in [3.8, 4) is 0 Å². The van der Waals surface area contributed by atoms with Gasteiger partial charge in [-0.25, -0.2) is 4.98 Å². The fourth-order valence-electron chi connectivity index (χ4n) is 2.91. The van der Waals surface area contributed by atoms with E-state index < -0.39 is 0 Å². The van der Waals surface area contributed by atoms with E-state index >= 15 is 0 Å². The molecule has 1 unspecified atom stereocenters. The summed E-state index contributed by atoms with van der Waals surface area (Å²) in [5.41, 5.74) is 8.26. The van der Waals surface area contributed by atoms with Crippen molar-refractivity contribution in [1.29, 1.82) is 0 Å². The summed E-state index contributed by atoms with van der Waals surface area (Å²) in [6.07, 6.45) is 4.42. The van der Waals surface area contributed by atoms with E-state index in [9.17, 15) is 0 Å². The maximum atomic E-state index is 6.55. The van der Waals surface area contributed by atoms with Crippen LogP contribution in [0.2, 0.25) is 0 Å². The predicted molar refractivity (Wildman–Crippen MR) is 79.1 cm³/mol. The molecule has 1 saturated carbocycles. The molecular weight excluding hydrogens is 240 g/mol. The van der Waals surface area contributed by atoms with Crippen LogP contribution in [-0.4, -0.2) is 10.5 Å². The number of hydrogen-bond acceptors (Lipinski definition) is 3. The quantitative estimate of drug-likeness (QED) is 0.882. The smallest absolute Gasteiger partial charge is 0.0946 e. The summed E-state index contributed by atoms with van der Waals surface area (Å²) >= 11 is 1.77. The maximum absolute atomic E-state index is 6.55. The van der Waals surface area contributed by atoms with E-state index in [-0.39, 0.29) is 11.0 Å². The summed E-state index contributed by atoms with van der Waals surface area (Å²) in [4.78, 5) is 4.78. The van der Waals surface area contributed by atoms with Crippen LogP contribution in [0.1, 0.15) is 64.6 Å². The summed E-state index contributed by atoms with van der Waals surface area (Å²) < 4.78 is 0. The fourth-order valence-corrected chi connectivity index (χ4v) is 4.08. The van der Waals surface area contributed by atoms with Crippen molar-refractivity contribution in [1.82, 2.24) is 4.98 Å². The van der Waals surface area contributed by atoms with Gasteiger partial charge in [0.05, 0.1) is 10.7 Å². The van der Waals surface area contributed by atoms with Gasteiger partial charge in [-0.15, -0.1) is 11.3 Å². The van der Waals surface area contributed by atoms with Gasteiger partial charge >= 0.3 is 0 Å². The molecule has 1 fully saturated rings. The second-order valence-corrected chi connectivity index (χ2v) is 8.70. The van der Waals surface area contributed by atoms with Gasteiger partial charge in [0.25, 0.3) is 0 Å². The van der Waals surface area contributed by atoms with Crippen LogP contribution in [-0.2, 0) is 11.8 Å². The molecule has 0 aliphatic heterocycles. The molecule has 2 rings (SSSR count). The Morgan fingerprint density at radius 3 is 2.44 bits per heavy atom. The minimum Gasteiger partial charge on any atom is -0.325 e. The number of thiazole rings is 1. The highest BCUT2D eigenvalue weighted by Gasteiger charge is 2.40. The summed E-state index contributed by atoms with van der Waals surface area (Å²) in [5, 5.41) is 3.40. The Bertz CT molecular complexity index is 428. The normalized spacial score (nSPS) is 27.7. The van der Waals surface area contributed by atoms with Gasteiger partial charge in [-0.1, -0.05) is 34.6 Å². The van der Waals surface area contributed by atoms with Crippen molar-refractivity contribution < 1.29 is 0 Å². The lowest BCUT2D eigenvalue weighted by Gasteiger charge is -2.25. The van der Waals surface area contributed by atoms with Crippen LogP contribution in [0.25, 0.3) is 0 Å². The maximum Gasteiger partial charge on any atom is 0.0946 e. The predicted octanol–water partition coefficient (Wildman–Crippen LogP) is 3.89. The lowest BCUT2D eigenvalue weighted by Crippen LogP contribution is -2.40. The summed E-state index contributed by atoms with van der Waals surface area (Å²) in [6, 6.07) is 0. The molecule has 2 N–H and O–H groups in total. The Hall–Kier alpha value is -0.410. The van der Waals surface area contributed by atoms with Crippen LogP contribution in [0.5, 0.6) is 0 Å². The average Bonchev–Trinajstić information content (AvgIpc) is 2.71. The molecule has 1 atom stereocenters. The summed E-state index contributed by atoms with van der Waals surface area (Å²) in [5.74, 6) is 0. The minimum absolute atomic E-state index is 0.0312. The van der Waals surface area contributed by atoms with Crippen LogP contribution in [0, 0.1) is 5.41 Å². The minimum atomic E-state index is -0.0312. The Morgan fingerprint density at radius 1 is 1.33 bits per heavy atom. The first-order chi connectivity index (χ1) is 8.10. The molecule has 1 aromatic rings. The first-order valence-corrected chi connectivity index (χ1v) is 7.72. The number of nitrogens with two attached hydrogens (primary N) is 1. The van der Waals surface area contributed by atoms with Crippen molar-refractivity contribution in [2.75, 3.05) is 0 Å². The fraction of sp³-hybridized carbons (Fsp3) is 0.800. The van der Waals surface area contributed by atoms with Crippen molar-refractivity contribution in [2.24, 2.45) is 11.1 Å². The third-order valence-electron chi connectivity index (χ3n) is 3.95. The standard InChI is InChI=1S/C15H26N2S/c1-13(2,3)11-9-18-12(17-11)8-15(16)7-6-14(4,5)10-15/h9H,6-8,10,16H2,1-5H3. The van der Waals surface area contributed by atoms with E-state index in [2.05, 4.69) is 40.0 Å². The third-order valence-corrected chi connectivity index (χ3v) is 4.80. The van der Waals surface area contributed by atoms with Gasteiger partial charge in [0.15, 0.2) is 0 Å². The van der Waals surface area contributed by atoms with Gasteiger partial charge in [0.2, 0.25) is 0 Å². The first-order valence-electron chi connectivity index (χ1n) is 6.84. The Kier molecular flexibility index (Phi) is 3.35. The topological polar surface area (TPSA) is 38.9 Å². The molecule has 1 heterocycles. The molecule has 0 aromatic carbocycles. The zero-order valence-corrected chi connectivity index (χ0v) is 13.2. The largest absolute Gasteiger partial charge is 0.325 e. The highest BCUT2D eigenvalue weighted by atomic mass is 32.1. The molecule has 3 heteroatoms. The van der Waals surface area contributed by atoms with Crippen molar-refractivity contribution in [2.45, 2.75) is 71.3 Å². The van der Waals surface area contributed by atoms with Gasteiger partial charge in [-0.05, 0) is 24.7 Å². The van der Waals surface area contributed by atoms with Gasteiger partial charge in [-0.3, -0.25) is 0 Å².